The molecule has 0 amide bonds. The molecule has 1 atom stereocenters. The molecule has 0 radical (unpaired) electrons. The van der Waals surface area contributed by atoms with Crippen molar-refractivity contribution in [2.75, 3.05) is 0 Å². The molecule has 1 aromatic carbocycles. The molecule has 7 heteroatoms. The molecule has 22 heavy (non-hydrogen) atoms. The molecule has 0 saturated carbocycles. The smallest absolute Gasteiger partial charge is 0.291 e. The average Bonchev–Trinajstić information content (AvgIpc) is 2.88. The van der Waals surface area contributed by atoms with Crippen LogP contribution in [0.25, 0.3) is 0 Å². The van der Waals surface area contributed by atoms with Gasteiger partial charge in [-0.05, 0) is 24.3 Å². The number of hydrogen-bond acceptors (Lipinski definition) is 4. The summed E-state index contributed by atoms with van der Waals surface area (Å²) < 4.78 is 37.5. The Morgan fingerprint density at radius 1 is 1.14 bits per heavy atom. The molecule has 112 valence electrons. The van der Waals surface area contributed by atoms with Crippen molar-refractivity contribution in [2.24, 2.45) is 4.99 Å². The van der Waals surface area contributed by atoms with Gasteiger partial charge in [0.25, 0.3) is 0 Å². The second kappa shape index (κ2) is 5.24. The number of hydrogen-bond donors (Lipinski definition) is 0. The average molecular weight is 323 g/mol. The van der Waals surface area contributed by atoms with Crippen LogP contribution in [-0.4, -0.2) is 22.7 Å². The Morgan fingerprint density at radius 3 is 2.45 bits per heavy atom. The van der Waals surface area contributed by atoms with E-state index in [1.165, 1.54) is 18.2 Å². The van der Waals surface area contributed by atoms with E-state index in [4.69, 9.17) is 0 Å². The molecule has 0 N–H and O–H groups in total. The number of carbonyl (C=O) groups excluding carboxylic acids is 2. The summed E-state index contributed by atoms with van der Waals surface area (Å²) in [6.07, 6.45) is -0.156. The lowest BCUT2D eigenvalue weighted by Gasteiger charge is -2.08. The molecular formula is C15H8F3NO2S. The second-order valence-electron chi connectivity index (χ2n) is 4.67. The van der Waals surface area contributed by atoms with E-state index >= 15 is 0 Å². The van der Waals surface area contributed by atoms with Crippen molar-refractivity contribution in [3.63, 3.8) is 0 Å². The van der Waals surface area contributed by atoms with Gasteiger partial charge in [-0.2, -0.15) is 13.2 Å². The van der Waals surface area contributed by atoms with Crippen LogP contribution in [0.5, 0.6) is 0 Å². The summed E-state index contributed by atoms with van der Waals surface area (Å²) in [5.41, 5.74) is -0.0985. The lowest BCUT2D eigenvalue weighted by Crippen LogP contribution is -2.13. The van der Waals surface area contributed by atoms with Crippen LogP contribution in [0.3, 0.4) is 0 Å². The molecule has 1 aromatic rings. The van der Waals surface area contributed by atoms with Gasteiger partial charge >= 0.3 is 6.18 Å². The van der Waals surface area contributed by atoms with Gasteiger partial charge in [0.1, 0.15) is 0 Å². The number of benzene rings is 1. The van der Waals surface area contributed by atoms with Gasteiger partial charge in [0.05, 0.1) is 11.3 Å². The van der Waals surface area contributed by atoms with E-state index in [2.05, 4.69) is 4.99 Å². The third kappa shape index (κ3) is 2.76. The van der Waals surface area contributed by atoms with Crippen molar-refractivity contribution in [1.29, 1.82) is 0 Å². The Kier molecular flexibility index (Phi) is 3.52. The summed E-state index contributed by atoms with van der Waals surface area (Å²) in [4.78, 5) is 28.3. The number of carbonyl (C=O) groups is 2. The summed E-state index contributed by atoms with van der Waals surface area (Å²) in [7, 11) is 0. The predicted octanol–water partition coefficient (Wildman–Crippen LogP) is 3.42. The molecule has 1 aliphatic heterocycles. The highest BCUT2D eigenvalue weighted by molar-refractivity contribution is 8.05. The molecule has 3 rings (SSSR count). The van der Waals surface area contributed by atoms with Crippen LogP contribution in [0.2, 0.25) is 0 Å². The molecule has 0 bridgehead atoms. The Labute approximate surface area is 127 Å². The Hall–Kier alpha value is -2.15. The van der Waals surface area contributed by atoms with Gasteiger partial charge < -0.3 is 0 Å². The van der Waals surface area contributed by atoms with Crippen molar-refractivity contribution in [3.8, 4) is 0 Å². The zero-order valence-corrected chi connectivity index (χ0v) is 11.7. The van der Waals surface area contributed by atoms with Crippen LogP contribution >= 0.6 is 11.8 Å². The minimum atomic E-state index is -4.44. The molecule has 3 nitrogen and oxygen atoms in total. The number of allylic oxidation sites excluding steroid dienone is 4. The standard InChI is InChI=1S/C15H8F3NO2S/c16-15(17,18)9-3-1-8(2-4-9)13(21)14-19-11-6-5-10(20)7-12(11)22-14/h1-7,14H. The van der Waals surface area contributed by atoms with Crippen molar-refractivity contribution >= 4 is 29.0 Å². The van der Waals surface area contributed by atoms with E-state index in [1.54, 1.807) is 0 Å². The van der Waals surface area contributed by atoms with Crippen molar-refractivity contribution < 1.29 is 22.8 Å². The Bertz CT molecular complexity index is 745. The molecular weight excluding hydrogens is 315 g/mol. The number of Topliss-reactive ketones (excluding diaryl/α,β-unsaturated/α-hetero) is 1. The maximum atomic E-state index is 12.5. The summed E-state index contributed by atoms with van der Waals surface area (Å²) in [6.45, 7) is 0. The minimum absolute atomic E-state index is 0.157. The van der Waals surface area contributed by atoms with Gasteiger partial charge in [0.15, 0.2) is 16.9 Å². The Morgan fingerprint density at radius 2 is 1.82 bits per heavy atom. The number of rotatable bonds is 2. The number of halogens is 3. The maximum absolute atomic E-state index is 12.5. The molecule has 0 fully saturated rings. The molecule has 0 aromatic heterocycles. The van der Waals surface area contributed by atoms with Gasteiger partial charge in [0, 0.05) is 16.5 Å². The van der Waals surface area contributed by atoms with E-state index in [-0.39, 0.29) is 17.1 Å². The number of fused-ring (bicyclic) bond motifs is 1. The van der Waals surface area contributed by atoms with Crippen LogP contribution in [0.1, 0.15) is 15.9 Å². The van der Waals surface area contributed by atoms with Gasteiger partial charge in [-0.1, -0.05) is 23.9 Å². The summed E-state index contributed by atoms with van der Waals surface area (Å²) in [5.74, 6) is -0.563. The molecule has 1 aliphatic carbocycles. The lowest BCUT2D eigenvalue weighted by molar-refractivity contribution is -0.137. The highest BCUT2D eigenvalue weighted by Crippen LogP contribution is 2.36. The number of nitrogens with zero attached hydrogens (tertiary/aromatic N) is 1. The number of alkyl halides is 3. The fraction of sp³-hybridized carbons (Fsp3) is 0.133. The first-order valence-corrected chi connectivity index (χ1v) is 7.12. The summed E-state index contributed by atoms with van der Waals surface area (Å²) in [5, 5.41) is -0.770. The van der Waals surface area contributed by atoms with E-state index in [0.29, 0.717) is 10.6 Å². The quantitative estimate of drug-likeness (QED) is 0.619. The van der Waals surface area contributed by atoms with Crippen molar-refractivity contribution in [2.45, 2.75) is 11.6 Å². The van der Waals surface area contributed by atoms with Crippen LogP contribution in [0.4, 0.5) is 13.2 Å². The molecule has 1 unspecified atom stereocenters. The zero-order valence-electron chi connectivity index (χ0n) is 10.9. The largest absolute Gasteiger partial charge is 0.416 e. The number of aliphatic imine (C=N–C) groups is 1. The minimum Gasteiger partial charge on any atom is -0.291 e. The lowest BCUT2D eigenvalue weighted by atomic mass is 10.1. The van der Waals surface area contributed by atoms with Gasteiger partial charge in [-0.3, -0.25) is 14.6 Å². The van der Waals surface area contributed by atoms with E-state index in [0.717, 1.165) is 36.0 Å². The van der Waals surface area contributed by atoms with Gasteiger partial charge in [-0.15, -0.1) is 0 Å². The van der Waals surface area contributed by atoms with Crippen molar-refractivity contribution in [1.82, 2.24) is 0 Å². The maximum Gasteiger partial charge on any atom is 0.416 e. The van der Waals surface area contributed by atoms with Crippen LogP contribution in [-0.2, 0) is 11.0 Å². The van der Waals surface area contributed by atoms with Crippen LogP contribution < -0.4 is 0 Å². The summed E-state index contributed by atoms with van der Waals surface area (Å²) in [6, 6.07) is 4.03. The van der Waals surface area contributed by atoms with E-state index in [1.807, 2.05) is 0 Å². The SMILES string of the molecule is O=C1C=CC2=NC(C(=O)c3ccc(C(F)(F)F)cc3)SC2=C1. The summed E-state index contributed by atoms with van der Waals surface area (Å²) >= 11 is 1.12. The van der Waals surface area contributed by atoms with Crippen LogP contribution in [0.15, 0.2) is 52.4 Å². The third-order valence-electron chi connectivity index (χ3n) is 3.15. The molecule has 0 saturated heterocycles. The van der Waals surface area contributed by atoms with Crippen LogP contribution in [0, 0.1) is 0 Å². The first kappa shape index (κ1) is 14.8. The Balaban J connectivity index is 1.81. The highest BCUT2D eigenvalue weighted by atomic mass is 32.2. The fourth-order valence-electron chi connectivity index (χ4n) is 2.05. The first-order valence-electron chi connectivity index (χ1n) is 6.24. The second-order valence-corrected chi connectivity index (χ2v) is 5.79. The van der Waals surface area contributed by atoms with E-state index in [9.17, 15) is 22.8 Å². The topological polar surface area (TPSA) is 46.5 Å². The molecule has 2 aliphatic rings. The zero-order chi connectivity index (χ0) is 15.9. The van der Waals surface area contributed by atoms with E-state index < -0.39 is 17.1 Å². The molecule has 1 heterocycles. The number of ketones is 2. The fourth-order valence-corrected chi connectivity index (χ4v) is 3.12. The normalized spacial score (nSPS) is 20.5. The molecule has 0 spiro atoms. The number of thioether (sulfide) groups is 1. The van der Waals surface area contributed by atoms with Gasteiger partial charge in [-0.25, -0.2) is 0 Å². The first-order chi connectivity index (χ1) is 10.3. The van der Waals surface area contributed by atoms with Crippen molar-refractivity contribution in [3.05, 3.63) is 58.5 Å². The monoisotopic (exact) mass is 323 g/mol. The van der Waals surface area contributed by atoms with Gasteiger partial charge in [0.2, 0.25) is 0 Å². The highest BCUT2D eigenvalue weighted by Gasteiger charge is 2.32. The third-order valence-corrected chi connectivity index (χ3v) is 4.27. The predicted molar refractivity (Wildman–Crippen MR) is 76.8 cm³/mol.